The minimum Gasteiger partial charge on any atom is -0.326 e. The number of hydrogen-bond donors (Lipinski definition) is 2. The lowest BCUT2D eigenvalue weighted by atomic mass is 10.2. The lowest BCUT2D eigenvalue weighted by Gasteiger charge is -2.17. The Morgan fingerprint density at radius 1 is 1.15 bits per heavy atom. The van der Waals surface area contributed by atoms with Gasteiger partial charge in [0.05, 0.1) is 6.54 Å². The molecule has 0 radical (unpaired) electrons. The molecular formula is C15H26N4O. The average Bonchev–Trinajstić information content (AvgIpc) is 2.38. The molecule has 20 heavy (non-hydrogen) atoms. The summed E-state index contributed by atoms with van der Waals surface area (Å²) < 4.78 is 0. The Bertz CT molecular complexity index is 403. The highest BCUT2D eigenvalue weighted by molar-refractivity contribution is 5.92. The van der Waals surface area contributed by atoms with Crippen molar-refractivity contribution in [2.24, 2.45) is 5.73 Å². The lowest BCUT2D eigenvalue weighted by molar-refractivity contribution is -0.117. The summed E-state index contributed by atoms with van der Waals surface area (Å²) in [5.41, 5.74) is 7.41. The first kappa shape index (κ1) is 16.6. The van der Waals surface area contributed by atoms with Gasteiger partial charge >= 0.3 is 0 Å². The SMILES string of the molecule is CN(C)CCCN(C)CC(=O)Nc1ccc(CN)cc1. The molecule has 5 heteroatoms. The van der Waals surface area contributed by atoms with Crippen LogP contribution in [-0.4, -0.2) is 56.5 Å². The number of carbonyl (C=O) groups is 1. The highest BCUT2D eigenvalue weighted by Gasteiger charge is 2.06. The number of anilines is 1. The average molecular weight is 278 g/mol. The van der Waals surface area contributed by atoms with Crippen molar-refractivity contribution in [1.29, 1.82) is 0 Å². The van der Waals surface area contributed by atoms with E-state index in [-0.39, 0.29) is 5.91 Å². The fraction of sp³-hybridized carbons (Fsp3) is 0.533. The molecule has 3 N–H and O–H groups in total. The number of amides is 1. The van der Waals surface area contributed by atoms with Crippen LogP contribution in [0.2, 0.25) is 0 Å². The molecule has 0 bridgehead atoms. The highest BCUT2D eigenvalue weighted by atomic mass is 16.2. The largest absolute Gasteiger partial charge is 0.326 e. The van der Waals surface area contributed by atoms with Crippen molar-refractivity contribution >= 4 is 11.6 Å². The molecule has 5 nitrogen and oxygen atoms in total. The monoisotopic (exact) mass is 278 g/mol. The second-order valence-electron chi connectivity index (χ2n) is 5.34. The van der Waals surface area contributed by atoms with Gasteiger partial charge in [-0.05, 0) is 58.3 Å². The van der Waals surface area contributed by atoms with Crippen LogP contribution in [0, 0.1) is 0 Å². The van der Waals surface area contributed by atoms with E-state index < -0.39 is 0 Å². The zero-order chi connectivity index (χ0) is 15.0. The Hall–Kier alpha value is -1.43. The smallest absolute Gasteiger partial charge is 0.238 e. The molecule has 0 aliphatic carbocycles. The van der Waals surface area contributed by atoms with Gasteiger partial charge in [0.15, 0.2) is 0 Å². The quantitative estimate of drug-likeness (QED) is 0.744. The van der Waals surface area contributed by atoms with Gasteiger partial charge in [0.1, 0.15) is 0 Å². The van der Waals surface area contributed by atoms with Crippen molar-refractivity contribution < 1.29 is 4.79 Å². The Morgan fingerprint density at radius 2 is 1.80 bits per heavy atom. The van der Waals surface area contributed by atoms with Crippen molar-refractivity contribution in [3.05, 3.63) is 29.8 Å². The van der Waals surface area contributed by atoms with Gasteiger partial charge in [-0.25, -0.2) is 0 Å². The van der Waals surface area contributed by atoms with E-state index in [1.165, 1.54) is 0 Å². The van der Waals surface area contributed by atoms with Crippen LogP contribution < -0.4 is 11.1 Å². The number of benzene rings is 1. The first-order chi connectivity index (χ1) is 9.51. The van der Waals surface area contributed by atoms with E-state index in [1.807, 2.05) is 36.2 Å². The van der Waals surface area contributed by atoms with Crippen molar-refractivity contribution in [2.45, 2.75) is 13.0 Å². The molecule has 0 atom stereocenters. The topological polar surface area (TPSA) is 61.6 Å². The summed E-state index contributed by atoms with van der Waals surface area (Å²) in [5, 5.41) is 2.89. The number of nitrogens with two attached hydrogens (primary N) is 1. The molecule has 1 rings (SSSR count). The third-order valence-electron chi connectivity index (χ3n) is 3.03. The van der Waals surface area contributed by atoms with Gasteiger partial charge < -0.3 is 16.0 Å². The zero-order valence-corrected chi connectivity index (χ0v) is 12.7. The van der Waals surface area contributed by atoms with Crippen LogP contribution in [0.25, 0.3) is 0 Å². The third kappa shape index (κ3) is 6.65. The lowest BCUT2D eigenvalue weighted by Crippen LogP contribution is -2.32. The Balaban J connectivity index is 2.31. The van der Waals surface area contributed by atoms with E-state index in [9.17, 15) is 4.79 Å². The van der Waals surface area contributed by atoms with E-state index in [4.69, 9.17) is 5.73 Å². The number of nitrogens with one attached hydrogen (secondary N) is 1. The van der Waals surface area contributed by atoms with E-state index >= 15 is 0 Å². The fourth-order valence-electron chi connectivity index (χ4n) is 1.91. The molecule has 1 aromatic carbocycles. The zero-order valence-electron chi connectivity index (χ0n) is 12.7. The molecule has 0 aliphatic heterocycles. The van der Waals surface area contributed by atoms with Crippen LogP contribution in [-0.2, 0) is 11.3 Å². The predicted molar refractivity (Wildman–Crippen MR) is 83.6 cm³/mol. The first-order valence-electron chi connectivity index (χ1n) is 6.93. The summed E-state index contributed by atoms with van der Waals surface area (Å²) in [6, 6.07) is 7.62. The summed E-state index contributed by atoms with van der Waals surface area (Å²) in [6.45, 7) is 2.87. The fourth-order valence-corrected chi connectivity index (χ4v) is 1.91. The van der Waals surface area contributed by atoms with Crippen molar-refractivity contribution in [3.8, 4) is 0 Å². The predicted octanol–water partition coefficient (Wildman–Crippen LogP) is 0.967. The molecule has 1 amide bonds. The molecule has 112 valence electrons. The molecule has 0 spiro atoms. The molecule has 0 fully saturated rings. The van der Waals surface area contributed by atoms with Crippen molar-refractivity contribution in [1.82, 2.24) is 9.80 Å². The van der Waals surface area contributed by atoms with Crippen LogP contribution in [0.4, 0.5) is 5.69 Å². The van der Waals surface area contributed by atoms with E-state index in [1.54, 1.807) is 0 Å². The molecule has 0 saturated heterocycles. The Morgan fingerprint density at radius 3 is 2.35 bits per heavy atom. The van der Waals surface area contributed by atoms with Crippen LogP contribution in [0.3, 0.4) is 0 Å². The Kier molecular flexibility index (Phi) is 7.22. The van der Waals surface area contributed by atoms with Gasteiger partial charge in [-0.2, -0.15) is 0 Å². The molecule has 0 saturated carbocycles. The van der Waals surface area contributed by atoms with Gasteiger partial charge in [-0.15, -0.1) is 0 Å². The minimum absolute atomic E-state index is 0.0119. The molecule has 0 aliphatic rings. The maximum atomic E-state index is 11.9. The molecule has 0 unspecified atom stereocenters. The van der Waals surface area contributed by atoms with E-state index in [0.29, 0.717) is 13.1 Å². The van der Waals surface area contributed by atoms with Crippen LogP contribution >= 0.6 is 0 Å². The molecule has 0 aromatic heterocycles. The standard InChI is InChI=1S/C15H26N4O/c1-18(2)9-4-10-19(3)12-15(20)17-14-7-5-13(11-16)6-8-14/h5-8H,4,9-12,16H2,1-3H3,(H,17,20). The number of nitrogens with zero attached hydrogens (tertiary/aromatic N) is 2. The number of carbonyl (C=O) groups excluding carboxylic acids is 1. The highest BCUT2D eigenvalue weighted by Crippen LogP contribution is 2.08. The maximum absolute atomic E-state index is 11.9. The number of hydrogen-bond acceptors (Lipinski definition) is 4. The van der Waals surface area contributed by atoms with Crippen molar-refractivity contribution in [2.75, 3.05) is 46.1 Å². The summed E-state index contributed by atoms with van der Waals surface area (Å²) in [4.78, 5) is 16.1. The molecule has 0 heterocycles. The van der Waals surface area contributed by atoms with Crippen LogP contribution in [0.5, 0.6) is 0 Å². The van der Waals surface area contributed by atoms with Gasteiger partial charge in [-0.1, -0.05) is 12.1 Å². The summed E-state index contributed by atoms with van der Waals surface area (Å²) in [6.07, 6.45) is 1.06. The van der Waals surface area contributed by atoms with Crippen LogP contribution in [0.15, 0.2) is 24.3 Å². The summed E-state index contributed by atoms with van der Waals surface area (Å²) in [7, 11) is 6.07. The van der Waals surface area contributed by atoms with E-state index in [0.717, 1.165) is 30.8 Å². The first-order valence-corrected chi connectivity index (χ1v) is 6.93. The van der Waals surface area contributed by atoms with E-state index in [2.05, 4.69) is 24.3 Å². The number of likely N-dealkylation sites (N-methyl/N-ethyl adjacent to an activating group) is 1. The second kappa shape index (κ2) is 8.68. The van der Waals surface area contributed by atoms with Crippen molar-refractivity contribution in [3.63, 3.8) is 0 Å². The molecular weight excluding hydrogens is 252 g/mol. The van der Waals surface area contributed by atoms with Gasteiger partial charge in [-0.3, -0.25) is 9.69 Å². The van der Waals surface area contributed by atoms with Gasteiger partial charge in [0.25, 0.3) is 0 Å². The Labute approximate surface area is 121 Å². The normalized spacial score (nSPS) is 11.1. The number of rotatable bonds is 8. The summed E-state index contributed by atoms with van der Waals surface area (Å²) in [5.74, 6) is 0.0119. The maximum Gasteiger partial charge on any atom is 0.238 e. The molecule has 1 aromatic rings. The minimum atomic E-state index is 0.0119. The van der Waals surface area contributed by atoms with Gasteiger partial charge in [0.2, 0.25) is 5.91 Å². The summed E-state index contributed by atoms with van der Waals surface area (Å²) >= 11 is 0. The van der Waals surface area contributed by atoms with Crippen LogP contribution in [0.1, 0.15) is 12.0 Å². The second-order valence-corrected chi connectivity index (χ2v) is 5.34. The third-order valence-corrected chi connectivity index (χ3v) is 3.03. The van der Waals surface area contributed by atoms with Gasteiger partial charge in [0, 0.05) is 12.2 Å².